The van der Waals surface area contributed by atoms with Crippen molar-refractivity contribution in [2.45, 2.75) is 31.8 Å². The van der Waals surface area contributed by atoms with Crippen LogP contribution in [0.25, 0.3) is 0 Å². The monoisotopic (exact) mass is 320 g/mol. The van der Waals surface area contributed by atoms with Gasteiger partial charge in [-0.2, -0.15) is 0 Å². The highest BCUT2D eigenvalue weighted by molar-refractivity contribution is 8.13. The molecule has 0 aliphatic rings. The van der Waals surface area contributed by atoms with Crippen molar-refractivity contribution >= 4 is 25.7 Å². The van der Waals surface area contributed by atoms with Gasteiger partial charge in [-0.05, 0) is 38.5 Å². The number of aryl methyl sites for hydroxylation is 1. The van der Waals surface area contributed by atoms with E-state index in [0.29, 0.717) is 12.2 Å². The van der Waals surface area contributed by atoms with E-state index in [0.717, 1.165) is 0 Å². The van der Waals surface area contributed by atoms with Gasteiger partial charge in [-0.3, -0.25) is 0 Å². The molecule has 112 valence electrons. The van der Waals surface area contributed by atoms with Crippen LogP contribution in [0, 0.1) is 6.92 Å². The Morgan fingerprint density at radius 2 is 2.05 bits per heavy atom. The summed E-state index contributed by atoms with van der Waals surface area (Å²) < 4.78 is 33.0. The zero-order valence-corrected chi connectivity index (χ0v) is 13.1. The molecule has 0 aliphatic carbocycles. The number of halogens is 1. The SMILES string of the molecule is CCOCC(C)OC(=O)c1ccc(C)c(S(=O)(=O)Cl)c1. The van der Waals surface area contributed by atoms with Gasteiger partial charge in [0.1, 0.15) is 6.10 Å². The molecule has 0 radical (unpaired) electrons. The molecule has 7 heteroatoms. The van der Waals surface area contributed by atoms with Gasteiger partial charge >= 0.3 is 5.97 Å². The van der Waals surface area contributed by atoms with E-state index < -0.39 is 21.1 Å². The quantitative estimate of drug-likeness (QED) is 0.595. The summed E-state index contributed by atoms with van der Waals surface area (Å²) in [5.41, 5.74) is 0.608. The van der Waals surface area contributed by atoms with E-state index in [1.54, 1.807) is 13.8 Å². The van der Waals surface area contributed by atoms with Crippen molar-refractivity contribution in [3.05, 3.63) is 29.3 Å². The van der Waals surface area contributed by atoms with Crippen molar-refractivity contribution in [3.63, 3.8) is 0 Å². The summed E-state index contributed by atoms with van der Waals surface area (Å²) in [6.07, 6.45) is -0.417. The van der Waals surface area contributed by atoms with Gasteiger partial charge in [-0.15, -0.1) is 0 Å². The molecule has 0 heterocycles. The van der Waals surface area contributed by atoms with Crippen molar-refractivity contribution < 1.29 is 22.7 Å². The number of carbonyl (C=O) groups excluding carboxylic acids is 1. The summed E-state index contributed by atoms with van der Waals surface area (Å²) in [4.78, 5) is 11.8. The van der Waals surface area contributed by atoms with E-state index in [1.165, 1.54) is 18.2 Å². The molecule has 20 heavy (non-hydrogen) atoms. The normalized spacial score (nSPS) is 13.0. The maximum absolute atomic E-state index is 11.9. The highest BCUT2D eigenvalue weighted by Gasteiger charge is 2.18. The van der Waals surface area contributed by atoms with Crippen LogP contribution >= 0.6 is 10.7 Å². The summed E-state index contributed by atoms with van der Waals surface area (Å²) in [7, 11) is 1.42. The Hall–Kier alpha value is -1.11. The fourth-order valence-corrected chi connectivity index (χ4v) is 2.78. The van der Waals surface area contributed by atoms with Gasteiger partial charge < -0.3 is 9.47 Å². The predicted octanol–water partition coefficient (Wildman–Crippen LogP) is 2.50. The first-order chi connectivity index (χ1) is 9.25. The van der Waals surface area contributed by atoms with Gasteiger partial charge in [-0.25, -0.2) is 13.2 Å². The number of ether oxygens (including phenoxy) is 2. The van der Waals surface area contributed by atoms with Crippen molar-refractivity contribution in [1.82, 2.24) is 0 Å². The molecule has 0 aliphatic heterocycles. The maximum Gasteiger partial charge on any atom is 0.338 e. The van der Waals surface area contributed by atoms with Crippen LogP contribution in [0.1, 0.15) is 29.8 Å². The summed E-state index contributed by atoms with van der Waals surface area (Å²) >= 11 is 0. The van der Waals surface area contributed by atoms with E-state index in [2.05, 4.69) is 0 Å². The summed E-state index contributed by atoms with van der Waals surface area (Å²) in [5, 5.41) is 0. The van der Waals surface area contributed by atoms with Crippen LogP contribution in [0.4, 0.5) is 0 Å². The third-order valence-electron chi connectivity index (χ3n) is 2.55. The molecule has 1 atom stereocenters. The van der Waals surface area contributed by atoms with Crippen molar-refractivity contribution in [1.29, 1.82) is 0 Å². The molecular formula is C13H17ClO5S. The average Bonchev–Trinajstić information content (AvgIpc) is 2.35. The average molecular weight is 321 g/mol. The molecule has 1 aromatic rings. The molecule has 1 unspecified atom stereocenters. The Balaban J connectivity index is 2.90. The van der Waals surface area contributed by atoms with Crippen LogP contribution in [-0.2, 0) is 18.5 Å². The fraction of sp³-hybridized carbons (Fsp3) is 0.462. The number of rotatable bonds is 6. The first kappa shape index (κ1) is 16.9. The van der Waals surface area contributed by atoms with E-state index >= 15 is 0 Å². The summed E-state index contributed by atoms with van der Waals surface area (Å²) in [6.45, 7) is 5.95. The lowest BCUT2D eigenvalue weighted by Crippen LogP contribution is -2.20. The van der Waals surface area contributed by atoms with Crippen molar-refractivity contribution in [2.75, 3.05) is 13.2 Å². The summed E-state index contributed by atoms with van der Waals surface area (Å²) in [5.74, 6) is -0.612. The number of esters is 1. The lowest BCUT2D eigenvalue weighted by atomic mass is 10.1. The molecule has 0 bridgehead atoms. The number of benzene rings is 1. The number of hydrogen-bond acceptors (Lipinski definition) is 5. The van der Waals surface area contributed by atoms with Crippen molar-refractivity contribution in [3.8, 4) is 0 Å². The first-order valence-electron chi connectivity index (χ1n) is 6.09. The Morgan fingerprint density at radius 3 is 2.60 bits per heavy atom. The zero-order chi connectivity index (χ0) is 15.3. The second-order valence-corrected chi connectivity index (χ2v) is 6.83. The largest absolute Gasteiger partial charge is 0.457 e. The minimum atomic E-state index is -3.89. The van der Waals surface area contributed by atoms with E-state index in [9.17, 15) is 13.2 Å². The lowest BCUT2D eigenvalue weighted by Gasteiger charge is -2.13. The predicted molar refractivity (Wildman–Crippen MR) is 75.6 cm³/mol. The third-order valence-corrected chi connectivity index (χ3v) is 4.02. The van der Waals surface area contributed by atoms with Gasteiger partial charge in [0, 0.05) is 17.3 Å². The minimum absolute atomic E-state index is 0.0916. The summed E-state index contributed by atoms with van der Waals surface area (Å²) in [6, 6.07) is 4.23. The molecule has 0 aromatic heterocycles. The van der Waals surface area contributed by atoms with Crippen LogP contribution in [-0.4, -0.2) is 33.7 Å². The molecule has 0 N–H and O–H groups in total. The molecule has 1 aromatic carbocycles. The van der Waals surface area contributed by atoms with E-state index in [4.69, 9.17) is 20.2 Å². The lowest BCUT2D eigenvalue weighted by molar-refractivity contribution is 0.00437. The molecule has 5 nitrogen and oxygen atoms in total. The molecule has 0 fully saturated rings. The van der Waals surface area contributed by atoms with E-state index in [1.807, 2.05) is 6.92 Å². The fourth-order valence-electron chi connectivity index (χ4n) is 1.56. The van der Waals surface area contributed by atoms with Gasteiger partial charge in [0.15, 0.2) is 0 Å². The Morgan fingerprint density at radius 1 is 1.40 bits per heavy atom. The van der Waals surface area contributed by atoms with Crippen LogP contribution in [0.5, 0.6) is 0 Å². The smallest absolute Gasteiger partial charge is 0.338 e. The molecule has 1 rings (SSSR count). The van der Waals surface area contributed by atoms with Crippen molar-refractivity contribution in [2.24, 2.45) is 0 Å². The number of hydrogen-bond donors (Lipinski definition) is 0. The van der Waals surface area contributed by atoms with Crippen LogP contribution < -0.4 is 0 Å². The molecule has 0 amide bonds. The van der Waals surface area contributed by atoms with Gasteiger partial charge in [0.2, 0.25) is 0 Å². The van der Waals surface area contributed by atoms with Gasteiger partial charge in [0.25, 0.3) is 9.05 Å². The minimum Gasteiger partial charge on any atom is -0.457 e. The number of carbonyl (C=O) groups is 1. The van der Waals surface area contributed by atoms with E-state index in [-0.39, 0.29) is 17.1 Å². The second-order valence-electron chi connectivity index (χ2n) is 4.29. The van der Waals surface area contributed by atoms with Crippen LogP contribution in [0.15, 0.2) is 23.1 Å². The van der Waals surface area contributed by atoms with Crippen LogP contribution in [0.2, 0.25) is 0 Å². The topological polar surface area (TPSA) is 69.7 Å². The third kappa shape index (κ3) is 4.77. The van der Waals surface area contributed by atoms with Gasteiger partial charge in [-0.1, -0.05) is 6.07 Å². The Kier molecular flexibility index (Phi) is 5.98. The Labute approximate surface area is 123 Å². The highest BCUT2D eigenvalue weighted by Crippen LogP contribution is 2.21. The highest BCUT2D eigenvalue weighted by atomic mass is 35.7. The standard InChI is InChI=1S/C13H17ClO5S/c1-4-18-8-10(3)19-13(15)11-6-5-9(2)12(7-11)20(14,16)17/h5-7,10H,4,8H2,1-3H3. The van der Waals surface area contributed by atoms with Gasteiger partial charge in [0.05, 0.1) is 17.1 Å². The maximum atomic E-state index is 11.9. The Bertz CT molecular complexity index is 582. The first-order valence-corrected chi connectivity index (χ1v) is 8.40. The molecular weight excluding hydrogens is 304 g/mol. The van der Waals surface area contributed by atoms with Crippen LogP contribution in [0.3, 0.4) is 0 Å². The molecule has 0 spiro atoms. The zero-order valence-electron chi connectivity index (χ0n) is 11.6. The molecule has 0 saturated heterocycles. The second kappa shape index (κ2) is 7.06. The molecule has 0 saturated carbocycles.